The summed E-state index contributed by atoms with van der Waals surface area (Å²) < 4.78 is 7.11. The van der Waals surface area contributed by atoms with Crippen LogP contribution in [0.15, 0.2) is 53.7 Å². The van der Waals surface area contributed by atoms with Crippen LogP contribution in [0.2, 0.25) is 0 Å². The van der Waals surface area contributed by atoms with E-state index in [1.165, 1.54) is 12.6 Å². The minimum absolute atomic E-state index is 0.389. The van der Waals surface area contributed by atoms with Gasteiger partial charge in [0.2, 0.25) is 5.89 Å². The van der Waals surface area contributed by atoms with Gasteiger partial charge in [-0.1, -0.05) is 12.1 Å². The van der Waals surface area contributed by atoms with Crippen molar-refractivity contribution in [3.05, 3.63) is 49.2 Å². The second kappa shape index (κ2) is 4.59. The Balaban J connectivity index is 2.09. The Morgan fingerprint density at radius 1 is 1.05 bits per heavy atom. The van der Waals surface area contributed by atoms with E-state index in [2.05, 4.69) is 15.1 Å². The predicted octanol–water partition coefficient (Wildman–Crippen LogP) is 2.22. The monoisotopic (exact) mass is 292 g/mol. The fourth-order valence-corrected chi connectivity index (χ4v) is 2.50. The van der Waals surface area contributed by atoms with E-state index in [1.54, 1.807) is 10.7 Å². The summed E-state index contributed by atoms with van der Waals surface area (Å²) >= 11 is 0. The number of nitrogens with two attached hydrogens (primary N) is 2. The average Bonchev–Trinajstić information content (AvgIpc) is 3.15. The van der Waals surface area contributed by atoms with Crippen molar-refractivity contribution in [2.24, 2.45) is 0 Å². The van der Waals surface area contributed by atoms with Crippen molar-refractivity contribution in [3.8, 4) is 22.6 Å². The Morgan fingerprint density at radius 3 is 2.59 bits per heavy atom. The maximum absolute atomic E-state index is 6.04. The molecule has 0 aliphatic heterocycles. The van der Waals surface area contributed by atoms with Crippen molar-refractivity contribution >= 4 is 17.0 Å². The molecule has 1 aromatic carbocycles. The number of nitrogen functional groups attached to an aromatic ring is 2. The molecule has 0 saturated heterocycles. The van der Waals surface area contributed by atoms with Gasteiger partial charge in [0.1, 0.15) is 18.1 Å². The van der Waals surface area contributed by atoms with Gasteiger partial charge in [0.05, 0.1) is 11.8 Å². The molecule has 7 heteroatoms. The number of rotatable bonds is 2. The van der Waals surface area contributed by atoms with Gasteiger partial charge in [-0.15, -0.1) is 0 Å². The van der Waals surface area contributed by atoms with Crippen molar-refractivity contribution in [1.82, 2.24) is 19.6 Å². The second-order valence-corrected chi connectivity index (χ2v) is 4.82. The molecule has 0 fully saturated rings. The fourth-order valence-electron chi connectivity index (χ4n) is 2.50. The summed E-state index contributed by atoms with van der Waals surface area (Å²) in [6.45, 7) is 0. The molecule has 22 heavy (non-hydrogen) atoms. The van der Waals surface area contributed by atoms with E-state index in [0.29, 0.717) is 22.9 Å². The lowest BCUT2D eigenvalue weighted by molar-refractivity contribution is 0.574. The van der Waals surface area contributed by atoms with Gasteiger partial charge in [-0.25, -0.2) is 14.5 Å². The summed E-state index contributed by atoms with van der Waals surface area (Å²) in [5, 5.41) is 4.21. The molecule has 0 unspecified atom stereocenters. The molecule has 4 rings (SSSR count). The van der Waals surface area contributed by atoms with E-state index in [-0.39, 0.29) is 0 Å². The second-order valence-electron chi connectivity index (χ2n) is 4.82. The molecular weight excluding hydrogens is 280 g/mol. The molecule has 0 amide bonds. The van der Waals surface area contributed by atoms with Crippen LogP contribution in [0.25, 0.3) is 28.1 Å². The summed E-state index contributed by atoms with van der Waals surface area (Å²) in [4.78, 5) is 8.30. The number of benzene rings is 1. The lowest BCUT2D eigenvalue weighted by atomic mass is 10.0. The number of hydrogen-bond acceptors (Lipinski definition) is 6. The maximum atomic E-state index is 6.04. The largest absolute Gasteiger partial charge is 0.444 e. The highest BCUT2D eigenvalue weighted by Gasteiger charge is 2.20. The molecule has 0 aliphatic carbocycles. The van der Waals surface area contributed by atoms with E-state index < -0.39 is 0 Å². The van der Waals surface area contributed by atoms with Crippen LogP contribution in [0.3, 0.4) is 0 Å². The molecule has 3 aromatic heterocycles. The molecule has 0 bridgehead atoms. The normalized spacial score (nSPS) is 11.1. The van der Waals surface area contributed by atoms with Crippen LogP contribution in [0.4, 0.5) is 11.5 Å². The van der Waals surface area contributed by atoms with Gasteiger partial charge in [0.15, 0.2) is 5.82 Å². The van der Waals surface area contributed by atoms with E-state index >= 15 is 0 Å². The summed E-state index contributed by atoms with van der Waals surface area (Å²) in [6, 6.07) is 7.50. The molecule has 3 heterocycles. The van der Waals surface area contributed by atoms with Crippen molar-refractivity contribution in [3.63, 3.8) is 0 Å². The van der Waals surface area contributed by atoms with Crippen LogP contribution in [-0.2, 0) is 0 Å². The molecule has 0 aliphatic rings. The summed E-state index contributed by atoms with van der Waals surface area (Å²) in [7, 11) is 0. The Kier molecular flexibility index (Phi) is 2.59. The lowest BCUT2D eigenvalue weighted by Crippen LogP contribution is -1.98. The number of fused-ring (bicyclic) bond motifs is 1. The minimum atomic E-state index is 0.389. The van der Waals surface area contributed by atoms with Crippen molar-refractivity contribution in [1.29, 1.82) is 0 Å². The zero-order chi connectivity index (χ0) is 15.1. The summed E-state index contributed by atoms with van der Waals surface area (Å²) in [6.07, 6.45) is 6.36. The Bertz CT molecular complexity index is 940. The van der Waals surface area contributed by atoms with E-state index in [1.807, 2.05) is 30.5 Å². The third-order valence-electron chi connectivity index (χ3n) is 3.46. The van der Waals surface area contributed by atoms with Crippen LogP contribution in [-0.4, -0.2) is 19.6 Å². The molecule has 0 spiro atoms. The standard InChI is InChI=1S/C15H12N6O/c16-10-3-1-9(2-4-10)12-11(15-18-5-6-22-15)7-21-13(12)14(17)19-8-20-21/h1-8H,16H2,(H2,17,19,20). The van der Waals surface area contributed by atoms with Gasteiger partial charge in [0, 0.05) is 17.4 Å². The van der Waals surface area contributed by atoms with Crippen LogP contribution < -0.4 is 11.5 Å². The fraction of sp³-hybridized carbons (Fsp3) is 0. The lowest BCUT2D eigenvalue weighted by Gasteiger charge is -2.05. The molecule has 4 aromatic rings. The first-order valence-electron chi connectivity index (χ1n) is 6.61. The zero-order valence-electron chi connectivity index (χ0n) is 11.5. The molecular formula is C15H12N6O. The van der Waals surface area contributed by atoms with Crippen LogP contribution in [0.1, 0.15) is 0 Å². The highest BCUT2D eigenvalue weighted by Crippen LogP contribution is 2.37. The molecule has 4 N–H and O–H groups in total. The van der Waals surface area contributed by atoms with Crippen molar-refractivity contribution in [2.45, 2.75) is 0 Å². The first-order valence-corrected chi connectivity index (χ1v) is 6.61. The van der Waals surface area contributed by atoms with Gasteiger partial charge in [-0.2, -0.15) is 5.10 Å². The van der Waals surface area contributed by atoms with Crippen molar-refractivity contribution in [2.75, 3.05) is 11.5 Å². The van der Waals surface area contributed by atoms with E-state index in [4.69, 9.17) is 15.9 Å². The quantitative estimate of drug-likeness (QED) is 0.548. The third kappa shape index (κ3) is 1.80. The number of nitrogens with zero attached hydrogens (tertiary/aromatic N) is 4. The van der Waals surface area contributed by atoms with Crippen molar-refractivity contribution < 1.29 is 4.42 Å². The van der Waals surface area contributed by atoms with Crippen LogP contribution in [0, 0.1) is 0 Å². The SMILES string of the molecule is Nc1ccc(-c2c(-c3ncco3)cn3ncnc(N)c23)cc1. The first kappa shape index (κ1) is 12.4. The topological polar surface area (TPSA) is 108 Å². The van der Waals surface area contributed by atoms with Crippen LogP contribution >= 0.6 is 0 Å². The molecule has 0 radical (unpaired) electrons. The number of aromatic nitrogens is 4. The molecule has 0 saturated carbocycles. The van der Waals surface area contributed by atoms with E-state index in [0.717, 1.165) is 16.7 Å². The smallest absolute Gasteiger partial charge is 0.228 e. The maximum Gasteiger partial charge on any atom is 0.228 e. The highest BCUT2D eigenvalue weighted by atomic mass is 16.3. The van der Waals surface area contributed by atoms with Gasteiger partial charge in [-0.05, 0) is 17.7 Å². The predicted molar refractivity (Wildman–Crippen MR) is 82.7 cm³/mol. The zero-order valence-corrected chi connectivity index (χ0v) is 11.5. The molecule has 7 nitrogen and oxygen atoms in total. The first-order chi connectivity index (χ1) is 10.7. The average molecular weight is 292 g/mol. The highest BCUT2D eigenvalue weighted by molar-refractivity contribution is 5.96. The van der Waals surface area contributed by atoms with Gasteiger partial charge < -0.3 is 15.9 Å². The van der Waals surface area contributed by atoms with Gasteiger partial charge in [0.25, 0.3) is 0 Å². The summed E-state index contributed by atoms with van der Waals surface area (Å²) in [5.74, 6) is 0.886. The Hall–Kier alpha value is -3.35. The van der Waals surface area contributed by atoms with E-state index in [9.17, 15) is 0 Å². The minimum Gasteiger partial charge on any atom is -0.444 e. The number of oxazole rings is 1. The summed E-state index contributed by atoms with van der Waals surface area (Å²) in [5.41, 5.74) is 15.8. The van der Waals surface area contributed by atoms with Crippen LogP contribution in [0.5, 0.6) is 0 Å². The Morgan fingerprint density at radius 2 is 1.86 bits per heavy atom. The molecule has 0 atom stereocenters. The third-order valence-corrected chi connectivity index (χ3v) is 3.46. The molecule has 108 valence electrons. The number of hydrogen-bond donors (Lipinski definition) is 2. The Labute approximate surface area is 125 Å². The van der Waals surface area contributed by atoms with Gasteiger partial charge in [-0.3, -0.25) is 0 Å². The van der Waals surface area contributed by atoms with Gasteiger partial charge >= 0.3 is 0 Å². The number of anilines is 2.